The van der Waals surface area contributed by atoms with Crippen molar-refractivity contribution in [2.75, 3.05) is 25.5 Å². The molecule has 2 heterocycles. The summed E-state index contributed by atoms with van der Waals surface area (Å²) in [7, 11) is 1.62. The Hall–Kier alpha value is -3.01. The van der Waals surface area contributed by atoms with Crippen molar-refractivity contribution in [2.24, 2.45) is 4.99 Å². The number of anilines is 1. The van der Waals surface area contributed by atoms with Gasteiger partial charge in [0, 0.05) is 31.8 Å². The van der Waals surface area contributed by atoms with Crippen LogP contribution in [0.15, 0.2) is 29.3 Å². The number of nitrogens with one attached hydrogen (secondary N) is 3. The molecule has 1 unspecified atom stereocenters. The van der Waals surface area contributed by atoms with Gasteiger partial charge in [-0.05, 0) is 37.6 Å². The molecule has 3 rings (SSSR count). The van der Waals surface area contributed by atoms with Crippen LogP contribution in [0.4, 0.5) is 10.1 Å². The monoisotopic (exact) mass is 403 g/mol. The van der Waals surface area contributed by atoms with Gasteiger partial charge in [-0.2, -0.15) is 5.10 Å². The van der Waals surface area contributed by atoms with Crippen LogP contribution in [0.3, 0.4) is 0 Å². The average molecular weight is 403 g/mol. The number of aliphatic imine (C=N–C) groups is 1. The molecule has 1 atom stereocenters. The van der Waals surface area contributed by atoms with Crippen LogP contribution >= 0.6 is 0 Å². The number of carbonyl (C=O) groups is 1. The molecule has 0 aliphatic carbocycles. The maximum Gasteiger partial charge on any atom is 0.246 e. The van der Waals surface area contributed by atoms with Gasteiger partial charge in [0.05, 0.1) is 6.54 Å². The molecule has 1 aliphatic rings. The molecule has 0 saturated carbocycles. The molecule has 156 valence electrons. The molecule has 1 aromatic carbocycles. The number of amides is 1. The van der Waals surface area contributed by atoms with Gasteiger partial charge in [-0.25, -0.2) is 19.0 Å². The van der Waals surface area contributed by atoms with Gasteiger partial charge < -0.3 is 20.7 Å². The van der Waals surface area contributed by atoms with Gasteiger partial charge in [0.2, 0.25) is 5.91 Å². The predicted octanol–water partition coefficient (Wildman–Crippen LogP) is 1.07. The van der Waals surface area contributed by atoms with E-state index in [4.69, 9.17) is 4.74 Å². The smallest absolute Gasteiger partial charge is 0.246 e. The number of ether oxygens (including phenoxy) is 1. The summed E-state index contributed by atoms with van der Waals surface area (Å²) in [5, 5.41) is 13.7. The summed E-state index contributed by atoms with van der Waals surface area (Å²) in [5.41, 5.74) is 0.530. The van der Waals surface area contributed by atoms with E-state index >= 15 is 0 Å². The topological polar surface area (TPSA) is 105 Å². The molecule has 0 radical (unpaired) electrons. The van der Waals surface area contributed by atoms with E-state index in [1.165, 1.54) is 24.3 Å². The zero-order valence-corrected chi connectivity index (χ0v) is 16.6. The van der Waals surface area contributed by atoms with Crippen LogP contribution in [-0.2, 0) is 29.1 Å². The zero-order valence-electron chi connectivity index (χ0n) is 16.6. The standard InChI is InChI=1S/C19H26FN7O2/c1-3-21-19(22-10-18(28)23-14-6-4-13(20)5-7-14)24-15-8-9-17-25-16(12-29-2)26-27(17)11-15/h4-7,15H,3,8-12H2,1-2H3,(H,23,28)(H2,21,22,24). The number of guanidine groups is 1. The van der Waals surface area contributed by atoms with Gasteiger partial charge in [0.1, 0.15) is 24.8 Å². The van der Waals surface area contributed by atoms with E-state index in [1.807, 2.05) is 11.6 Å². The van der Waals surface area contributed by atoms with Crippen molar-refractivity contribution in [1.82, 2.24) is 25.4 Å². The fourth-order valence-electron chi connectivity index (χ4n) is 3.07. The minimum atomic E-state index is -0.350. The van der Waals surface area contributed by atoms with E-state index in [1.54, 1.807) is 7.11 Å². The number of hydrogen-bond acceptors (Lipinski definition) is 5. The first-order valence-corrected chi connectivity index (χ1v) is 9.59. The van der Waals surface area contributed by atoms with Crippen molar-refractivity contribution < 1.29 is 13.9 Å². The first kappa shape index (κ1) is 20.7. The highest BCUT2D eigenvalue weighted by Gasteiger charge is 2.22. The number of hydrogen-bond donors (Lipinski definition) is 3. The SMILES string of the molecule is CCNC(=NCC(=O)Nc1ccc(F)cc1)NC1CCc2nc(COC)nn2C1. The van der Waals surface area contributed by atoms with Gasteiger partial charge >= 0.3 is 0 Å². The lowest BCUT2D eigenvalue weighted by molar-refractivity contribution is -0.114. The summed E-state index contributed by atoms with van der Waals surface area (Å²) in [4.78, 5) is 21.0. The van der Waals surface area contributed by atoms with Crippen LogP contribution in [-0.4, -0.2) is 52.9 Å². The summed E-state index contributed by atoms with van der Waals surface area (Å²) in [6.45, 7) is 3.64. The van der Waals surface area contributed by atoms with Crippen molar-refractivity contribution in [3.63, 3.8) is 0 Å². The van der Waals surface area contributed by atoms with Gasteiger partial charge in [-0.1, -0.05) is 0 Å². The van der Waals surface area contributed by atoms with Crippen LogP contribution < -0.4 is 16.0 Å². The van der Waals surface area contributed by atoms with E-state index in [0.29, 0.717) is 37.2 Å². The largest absolute Gasteiger partial charge is 0.377 e. The van der Waals surface area contributed by atoms with E-state index in [-0.39, 0.29) is 24.3 Å². The molecule has 0 bridgehead atoms. The predicted molar refractivity (Wildman–Crippen MR) is 107 cm³/mol. The highest BCUT2D eigenvalue weighted by Crippen LogP contribution is 2.13. The first-order chi connectivity index (χ1) is 14.1. The molecule has 1 aromatic heterocycles. The van der Waals surface area contributed by atoms with Crippen LogP contribution in [0, 0.1) is 5.82 Å². The van der Waals surface area contributed by atoms with Gasteiger partial charge in [-0.15, -0.1) is 0 Å². The molecule has 1 aliphatic heterocycles. The van der Waals surface area contributed by atoms with E-state index < -0.39 is 0 Å². The van der Waals surface area contributed by atoms with Gasteiger partial charge in [-0.3, -0.25) is 4.79 Å². The van der Waals surface area contributed by atoms with E-state index in [9.17, 15) is 9.18 Å². The molecule has 2 aromatic rings. The first-order valence-electron chi connectivity index (χ1n) is 9.59. The second kappa shape index (κ2) is 9.97. The fourth-order valence-corrected chi connectivity index (χ4v) is 3.07. The minimum Gasteiger partial charge on any atom is -0.377 e. The van der Waals surface area contributed by atoms with Crippen molar-refractivity contribution in [3.05, 3.63) is 41.7 Å². The Morgan fingerprint density at radius 3 is 2.90 bits per heavy atom. The molecule has 29 heavy (non-hydrogen) atoms. The van der Waals surface area contributed by atoms with E-state index in [2.05, 4.69) is 31.0 Å². The second-order valence-electron chi connectivity index (χ2n) is 6.69. The maximum atomic E-state index is 13.0. The van der Waals surface area contributed by atoms with Crippen molar-refractivity contribution in [2.45, 2.75) is 39.0 Å². The lowest BCUT2D eigenvalue weighted by atomic mass is 10.1. The number of nitrogens with zero attached hydrogens (tertiary/aromatic N) is 4. The van der Waals surface area contributed by atoms with Crippen LogP contribution in [0.5, 0.6) is 0 Å². The van der Waals surface area contributed by atoms with Crippen molar-refractivity contribution >= 4 is 17.6 Å². The lowest BCUT2D eigenvalue weighted by Gasteiger charge is -2.25. The van der Waals surface area contributed by atoms with Gasteiger partial charge in [0.15, 0.2) is 11.8 Å². The Morgan fingerprint density at radius 2 is 2.17 bits per heavy atom. The fraction of sp³-hybridized carbons (Fsp3) is 0.474. The molecule has 1 amide bonds. The summed E-state index contributed by atoms with van der Waals surface area (Å²) in [6, 6.07) is 5.73. The molecule has 3 N–H and O–H groups in total. The number of fused-ring (bicyclic) bond motifs is 1. The third-order valence-corrected chi connectivity index (χ3v) is 4.37. The highest BCUT2D eigenvalue weighted by atomic mass is 19.1. The average Bonchev–Trinajstić information content (AvgIpc) is 3.10. The van der Waals surface area contributed by atoms with Crippen molar-refractivity contribution in [3.8, 4) is 0 Å². The Morgan fingerprint density at radius 1 is 1.38 bits per heavy atom. The Bertz CT molecular complexity index is 851. The van der Waals surface area contributed by atoms with E-state index in [0.717, 1.165) is 18.7 Å². The Balaban J connectivity index is 1.56. The maximum absolute atomic E-state index is 13.0. The van der Waals surface area contributed by atoms with Crippen LogP contribution in [0.1, 0.15) is 25.0 Å². The number of aryl methyl sites for hydroxylation is 1. The number of methoxy groups -OCH3 is 1. The molecular weight excluding hydrogens is 377 g/mol. The van der Waals surface area contributed by atoms with Crippen LogP contribution in [0.25, 0.3) is 0 Å². The summed E-state index contributed by atoms with van der Waals surface area (Å²) >= 11 is 0. The normalized spacial score (nSPS) is 16.2. The quantitative estimate of drug-likeness (QED) is 0.472. The third kappa shape index (κ3) is 5.98. The zero-order chi connectivity index (χ0) is 20.6. The summed E-state index contributed by atoms with van der Waals surface area (Å²) in [5.74, 6) is 1.57. The van der Waals surface area contributed by atoms with Crippen LogP contribution in [0.2, 0.25) is 0 Å². The molecule has 0 saturated heterocycles. The number of rotatable bonds is 7. The third-order valence-electron chi connectivity index (χ3n) is 4.37. The molecule has 9 nitrogen and oxygen atoms in total. The summed E-state index contributed by atoms with van der Waals surface area (Å²) in [6.07, 6.45) is 1.69. The molecule has 0 spiro atoms. The van der Waals surface area contributed by atoms with Crippen molar-refractivity contribution in [1.29, 1.82) is 0 Å². The Labute approximate surface area is 168 Å². The summed E-state index contributed by atoms with van der Waals surface area (Å²) < 4.78 is 19.9. The number of halogens is 1. The molecular formula is C19H26FN7O2. The highest BCUT2D eigenvalue weighted by molar-refractivity contribution is 5.94. The van der Waals surface area contributed by atoms with Gasteiger partial charge in [0.25, 0.3) is 0 Å². The second-order valence-corrected chi connectivity index (χ2v) is 6.69. The number of carbonyl (C=O) groups excluding carboxylic acids is 1. The molecule has 0 fully saturated rings. The Kier molecular flexibility index (Phi) is 7.12. The number of benzene rings is 1. The lowest BCUT2D eigenvalue weighted by Crippen LogP contribution is -2.47. The minimum absolute atomic E-state index is 0.0496. The molecule has 10 heteroatoms. The number of aromatic nitrogens is 3.